The molecule has 0 bridgehead atoms. The Balaban J connectivity index is 1.51. The second-order valence-electron chi connectivity index (χ2n) is 6.54. The van der Waals surface area contributed by atoms with Crippen molar-refractivity contribution in [3.63, 3.8) is 0 Å². The van der Waals surface area contributed by atoms with Crippen molar-refractivity contribution in [2.45, 2.75) is 43.7 Å². The number of ether oxygens (including phenoxy) is 1. The molecule has 124 valence electrons. The summed E-state index contributed by atoms with van der Waals surface area (Å²) in [5, 5.41) is 12.7. The van der Waals surface area contributed by atoms with Gasteiger partial charge in [0, 0.05) is 17.7 Å². The van der Waals surface area contributed by atoms with Crippen LogP contribution in [0.15, 0.2) is 24.3 Å². The molecule has 1 amide bonds. The van der Waals surface area contributed by atoms with Crippen molar-refractivity contribution in [3.05, 3.63) is 34.9 Å². The molecule has 1 spiro atoms. The Labute approximate surface area is 140 Å². The highest BCUT2D eigenvalue weighted by atomic mass is 35.5. The lowest BCUT2D eigenvalue weighted by Crippen LogP contribution is -2.56. The Morgan fingerprint density at radius 3 is 2.61 bits per heavy atom. The molecule has 2 N–H and O–H groups in total. The van der Waals surface area contributed by atoms with Crippen LogP contribution < -0.4 is 5.32 Å². The fourth-order valence-corrected chi connectivity index (χ4v) is 3.64. The first-order valence-electron chi connectivity index (χ1n) is 7.86. The Bertz CT molecular complexity index is 595. The third-order valence-corrected chi connectivity index (χ3v) is 4.97. The summed E-state index contributed by atoms with van der Waals surface area (Å²) in [4.78, 5) is 23.1. The molecule has 1 heterocycles. The number of rotatable bonds is 4. The van der Waals surface area contributed by atoms with Crippen molar-refractivity contribution in [1.82, 2.24) is 5.32 Å². The molecule has 1 aromatic carbocycles. The number of halogens is 1. The zero-order chi connectivity index (χ0) is 16.4. The summed E-state index contributed by atoms with van der Waals surface area (Å²) >= 11 is 5.84. The molecule has 3 rings (SSSR count). The lowest BCUT2D eigenvalue weighted by molar-refractivity contribution is -0.182. The van der Waals surface area contributed by atoms with Crippen LogP contribution in [0.3, 0.4) is 0 Å². The molecule has 6 heteroatoms. The molecule has 2 fully saturated rings. The van der Waals surface area contributed by atoms with E-state index in [2.05, 4.69) is 5.32 Å². The van der Waals surface area contributed by atoms with Crippen molar-refractivity contribution in [3.8, 4) is 0 Å². The number of amides is 1. The van der Waals surface area contributed by atoms with Crippen molar-refractivity contribution >= 4 is 23.5 Å². The van der Waals surface area contributed by atoms with Gasteiger partial charge in [-0.3, -0.25) is 9.59 Å². The van der Waals surface area contributed by atoms with E-state index in [1.807, 2.05) is 12.1 Å². The van der Waals surface area contributed by atoms with Crippen LogP contribution in [0.5, 0.6) is 0 Å². The number of carbonyl (C=O) groups is 2. The first kappa shape index (κ1) is 16.3. The highest BCUT2D eigenvalue weighted by Crippen LogP contribution is 2.46. The summed E-state index contributed by atoms with van der Waals surface area (Å²) < 4.78 is 5.80. The van der Waals surface area contributed by atoms with E-state index in [0.717, 1.165) is 12.0 Å². The summed E-state index contributed by atoms with van der Waals surface area (Å²) in [6.07, 6.45) is 2.88. The summed E-state index contributed by atoms with van der Waals surface area (Å²) in [6.45, 7) is 0.568. The highest BCUT2D eigenvalue weighted by molar-refractivity contribution is 6.30. The van der Waals surface area contributed by atoms with Gasteiger partial charge in [-0.2, -0.15) is 0 Å². The molecule has 1 unspecified atom stereocenters. The minimum atomic E-state index is -0.756. The molecule has 23 heavy (non-hydrogen) atoms. The van der Waals surface area contributed by atoms with Crippen LogP contribution >= 0.6 is 11.6 Å². The summed E-state index contributed by atoms with van der Waals surface area (Å²) in [5.41, 5.74) is 0.572. The molecule has 0 aromatic heterocycles. The predicted octanol–water partition coefficient (Wildman–Crippen LogP) is 2.41. The third kappa shape index (κ3) is 3.85. The van der Waals surface area contributed by atoms with Crippen LogP contribution in [0.1, 0.15) is 31.2 Å². The molecular formula is C17H20ClNO4. The van der Waals surface area contributed by atoms with Gasteiger partial charge in [0.1, 0.15) is 0 Å². The zero-order valence-corrected chi connectivity index (χ0v) is 13.5. The third-order valence-electron chi connectivity index (χ3n) is 4.72. The van der Waals surface area contributed by atoms with Crippen LogP contribution in [0, 0.1) is 5.92 Å². The maximum absolute atomic E-state index is 12.2. The maximum Gasteiger partial charge on any atom is 0.306 e. The largest absolute Gasteiger partial charge is 0.481 e. The van der Waals surface area contributed by atoms with Gasteiger partial charge in [-0.25, -0.2) is 0 Å². The Morgan fingerprint density at radius 2 is 1.96 bits per heavy atom. The summed E-state index contributed by atoms with van der Waals surface area (Å²) in [6, 6.07) is 7.29. The van der Waals surface area contributed by atoms with Crippen molar-refractivity contribution in [2.24, 2.45) is 5.92 Å². The minimum absolute atomic E-state index is 0.0246. The number of nitrogens with one attached hydrogen (secondary N) is 1. The van der Waals surface area contributed by atoms with Gasteiger partial charge in [0.15, 0.2) is 0 Å². The Hall–Kier alpha value is -1.59. The molecule has 1 aliphatic carbocycles. The van der Waals surface area contributed by atoms with Gasteiger partial charge in [0.05, 0.1) is 17.9 Å². The SMILES string of the molecule is O=C(Cc1ccc(Cl)cc1)NC1CCOC2(C1)CC(C(=O)O)C2. The second kappa shape index (κ2) is 6.49. The first-order valence-corrected chi connectivity index (χ1v) is 8.24. The molecule has 2 aliphatic rings. The molecule has 0 radical (unpaired) electrons. The van der Waals surface area contributed by atoms with Crippen LogP contribution in [-0.4, -0.2) is 35.2 Å². The Kier molecular flexibility index (Phi) is 4.60. The number of carboxylic acid groups (broad SMARTS) is 1. The van der Waals surface area contributed by atoms with E-state index in [-0.39, 0.29) is 23.5 Å². The molecule has 1 aromatic rings. The van der Waals surface area contributed by atoms with E-state index >= 15 is 0 Å². The maximum atomic E-state index is 12.2. The van der Waals surface area contributed by atoms with Crippen LogP contribution in [0.4, 0.5) is 0 Å². The standard InChI is InChI=1S/C17H20ClNO4/c18-13-3-1-11(2-4-13)7-15(20)19-14-5-6-23-17(10-14)8-12(9-17)16(21)22/h1-4,12,14H,5-10H2,(H,19,20)(H,21,22). The Morgan fingerprint density at radius 1 is 1.26 bits per heavy atom. The fourth-order valence-electron chi connectivity index (χ4n) is 3.51. The van der Waals surface area contributed by atoms with Gasteiger partial charge >= 0.3 is 5.97 Å². The normalized spacial score (nSPS) is 29.8. The molecular weight excluding hydrogens is 318 g/mol. The highest BCUT2D eigenvalue weighted by Gasteiger charge is 2.51. The van der Waals surface area contributed by atoms with Gasteiger partial charge in [-0.1, -0.05) is 23.7 Å². The lowest BCUT2D eigenvalue weighted by Gasteiger charge is -2.50. The predicted molar refractivity (Wildman–Crippen MR) is 85.4 cm³/mol. The first-order chi connectivity index (χ1) is 11.0. The van der Waals surface area contributed by atoms with Gasteiger partial charge in [-0.15, -0.1) is 0 Å². The fraction of sp³-hybridized carbons (Fsp3) is 0.529. The summed E-state index contributed by atoms with van der Waals surface area (Å²) in [5.74, 6) is -1.09. The van der Waals surface area contributed by atoms with Crippen molar-refractivity contribution in [1.29, 1.82) is 0 Å². The van der Waals surface area contributed by atoms with Crippen LogP contribution in [0.25, 0.3) is 0 Å². The van der Waals surface area contributed by atoms with Gasteiger partial charge in [-0.05, 0) is 43.4 Å². The zero-order valence-electron chi connectivity index (χ0n) is 12.8. The average Bonchev–Trinajstić information content (AvgIpc) is 2.47. The second-order valence-corrected chi connectivity index (χ2v) is 6.97. The minimum Gasteiger partial charge on any atom is -0.481 e. The summed E-state index contributed by atoms with van der Waals surface area (Å²) in [7, 11) is 0. The molecule has 1 saturated heterocycles. The monoisotopic (exact) mass is 337 g/mol. The van der Waals surface area contributed by atoms with Gasteiger partial charge in [0.2, 0.25) is 5.91 Å². The molecule has 1 aliphatic heterocycles. The van der Waals surface area contributed by atoms with E-state index in [0.29, 0.717) is 37.3 Å². The van der Waals surface area contributed by atoms with Gasteiger partial charge in [0.25, 0.3) is 0 Å². The smallest absolute Gasteiger partial charge is 0.306 e. The number of aliphatic carboxylic acids is 1. The van der Waals surface area contributed by atoms with Gasteiger partial charge < -0.3 is 15.2 Å². The average molecular weight is 338 g/mol. The number of hydrogen-bond acceptors (Lipinski definition) is 3. The van der Waals surface area contributed by atoms with E-state index in [1.165, 1.54) is 0 Å². The molecule has 1 saturated carbocycles. The molecule has 1 atom stereocenters. The number of hydrogen-bond donors (Lipinski definition) is 2. The van der Waals surface area contributed by atoms with E-state index < -0.39 is 5.97 Å². The van der Waals surface area contributed by atoms with Crippen LogP contribution in [-0.2, 0) is 20.7 Å². The van der Waals surface area contributed by atoms with Crippen molar-refractivity contribution < 1.29 is 19.4 Å². The number of carbonyl (C=O) groups excluding carboxylic acids is 1. The quantitative estimate of drug-likeness (QED) is 0.884. The van der Waals surface area contributed by atoms with E-state index in [4.69, 9.17) is 21.4 Å². The van der Waals surface area contributed by atoms with Crippen molar-refractivity contribution in [2.75, 3.05) is 6.61 Å². The lowest BCUT2D eigenvalue weighted by atomic mass is 9.66. The van der Waals surface area contributed by atoms with E-state index in [1.54, 1.807) is 12.1 Å². The van der Waals surface area contributed by atoms with Crippen LogP contribution in [0.2, 0.25) is 5.02 Å². The number of benzene rings is 1. The number of carboxylic acids is 1. The topological polar surface area (TPSA) is 75.6 Å². The molecule has 5 nitrogen and oxygen atoms in total. The van der Waals surface area contributed by atoms with E-state index in [9.17, 15) is 9.59 Å².